The van der Waals surface area contributed by atoms with Gasteiger partial charge in [-0.25, -0.2) is 0 Å². The van der Waals surface area contributed by atoms with Crippen LogP contribution < -0.4 is 10.2 Å². The molecule has 0 saturated carbocycles. The van der Waals surface area contributed by atoms with Crippen molar-refractivity contribution in [3.05, 3.63) is 64.7 Å². The lowest BCUT2D eigenvalue weighted by atomic mass is 10.1. The van der Waals surface area contributed by atoms with Gasteiger partial charge in [0.05, 0.1) is 13.2 Å². The lowest BCUT2D eigenvalue weighted by molar-refractivity contribution is 0.102. The lowest BCUT2D eigenvalue weighted by Crippen LogP contribution is -2.37. The quantitative estimate of drug-likeness (QED) is 0.662. The maximum atomic E-state index is 13.4. The van der Waals surface area contributed by atoms with Crippen molar-refractivity contribution in [3.8, 4) is 11.3 Å². The molecule has 6 nitrogen and oxygen atoms in total. The minimum Gasteiger partial charge on any atom is -0.378 e. The number of aromatic nitrogens is 1. The van der Waals surface area contributed by atoms with E-state index in [0.29, 0.717) is 48.5 Å². The maximum Gasteiger partial charge on any atom is 0.263 e. The van der Waals surface area contributed by atoms with E-state index in [1.165, 1.54) is 0 Å². The van der Waals surface area contributed by atoms with E-state index in [1.807, 2.05) is 41.3 Å². The van der Waals surface area contributed by atoms with Crippen LogP contribution in [0, 0.1) is 0 Å². The van der Waals surface area contributed by atoms with Gasteiger partial charge in [0.2, 0.25) is 5.88 Å². The monoisotopic (exact) mass is 411 g/mol. The third-order valence-electron chi connectivity index (χ3n) is 4.96. The van der Waals surface area contributed by atoms with Crippen molar-refractivity contribution in [1.29, 1.82) is 0 Å². The fourth-order valence-corrected chi connectivity index (χ4v) is 3.53. The van der Waals surface area contributed by atoms with E-state index in [9.17, 15) is 4.79 Å². The number of ether oxygens (including phenoxy) is 1. The van der Waals surface area contributed by atoms with E-state index >= 15 is 0 Å². The number of halogens is 1. The number of nitrogens with zero attached hydrogens (tertiary/aromatic N) is 2. The van der Waals surface area contributed by atoms with Gasteiger partial charge < -0.3 is 19.5 Å². The summed E-state index contributed by atoms with van der Waals surface area (Å²) in [7, 11) is 0. The van der Waals surface area contributed by atoms with Gasteiger partial charge in [-0.2, -0.15) is 0 Å². The van der Waals surface area contributed by atoms with Crippen LogP contribution in [-0.4, -0.2) is 37.4 Å². The lowest BCUT2D eigenvalue weighted by Gasteiger charge is -2.26. The van der Waals surface area contributed by atoms with Crippen LogP contribution in [0.5, 0.6) is 0 Å². The van der Waals surface area contributed by atoms with Gasteiger partial charge in [-0.3, -0.25) is 4.79 Å². The zero-order valence-corrected chi connectivity index (χ0v) is 16.9. The Hall–Kier alpha value is -2.83. The summed E-state index contributed by atoms with van der Waals surface area (Å²) in [6.45, 7) is 4.50. The maximum absolute atomic E-state index is 13.4. The molecule has 0 spiro atoms. The first kappa shape index (κ1) is 19.5. The van der Waals surface area contributed by atoms with Crippen molar-refractivity contribution < 1.29 is 14.1 Å². The predicted molar refractivity (Wildman–Crippen MR) is 114 cm³/mol. The first-order chi connectivity index (χ1) is 14.2. The molecule has 1 N–H and O–H groups in total. The highest BCUT2D eigenvalue weighted by Gasteiger charge is 2.29. The highest BCUT2D eigenvalue weighted by Crippen LogP contribution is 2.33. The Kier molecular flexibility index (Phi) is 5.83. The molecule has 7 heteroatoms. The number of aryl methyl sites for hydroxylation is 1. The van der Waals surface area contributed by atoms with E-state index in [1.54, 1.807) is 12.1 Å². The Bertz CT molecular complexity index is 995. The van der Waals surface area contributed by atoms with Crippen LogP contribution in [0.1, 0.15) is 22.8 Å². The molecule has 0 radical (unpaired) electrons. The molecule has 0 atom stereocenters. The second-order valence-electron chi connectivity index (χ2n) is 6.78. The van der Waals surface area contributed by atoms with E-state index in [0.717, 1.165) is 23.2 Å². The van der Waals surface area contributed by atoms with Gasteiger partial charge in [-0.15, -0.1) is 0 Å². The van der Waals surface area contributed by atoms with Crippen LogP contribution in [0.15, 0.2) is 53.1 Å². The molecule has 0 bridgehead atoms. The zero-order valence-electron chi connectivity index (χ0n) is 16.2. The van der Waals surface area contributed by atoms with Gasteiger partial charge in [-0.05, 0) is 30.2 Å². The van der Waals surface area contributed by atoms with Crippen LogP contribution in [0.4, 0.5) is 11.6 Å². The topological polar surface area (TPSA) is 67.6 Å². The second kappa shape index (κ2) is 8.68. The van der Waals surface area contributed by atoms with Crippen molar-refractivity contribution in [2.75, 3.05) is 36.5 Å². The average molecular weight is 412 g/mol. The standard InChI is InChI=1S/C22H22ClN3O3/c1-2-15-5-3-4-6-18(15)24-21(27)19-20(16-7-9-17(23)10-8-16)25-29-22(19)26-11-13-28-14-12-26/h3-10H,2,11-14H2,1H3,(H,24,27). The molecule has 1 saturated heterocycles. The number of carbonyl (C=O) groups excluding carboxylic acids is 1. The number of morpholine rings is 1. The van der Waals surface area contributed by atoms with Gasteiger partial charge in [0, 0.05) is 29.4 Å². The number of anilines is 2. The molecule has 1 fully saturated rings. The third-order valence-corrected chi connectivity index (χ3v) is 5.22. The summed E-state index contributed by atoms with van der Waals surface area (Å²) in [5, 5.41) is 7.90. The molecule has 4 rings (SSSR count). The first-order valence-corrected chi connectivity index (χ1v) is 10.0. The number of hydrogen-bond acceptors (Lipinski definition) is 5. The smallest absolute Gasteiger partial charge is 0.263 e. The van der Waals surface area contributed by atoms with Crippen molar-refractivity contribution >= 4 is 29.1 Å². The van der Waals surface area contributed by atoms with Crippen LogP contribution >= 0.6 is 11.6 Å². The Morgan fingerprint density at radius 2 is 1.86 bits per heavy atom. The van der Waals surface area contributed by atoms with Gasteiger partial charge in [0.15, 0.2) is 0 Å². The van der Waals surface area contributed by atoms with Crippen molar-refractivity contribution in [2.24, 2.45) is 0 Å². The zero-order chi connectivity index (χ0) is 20.2. The first-order valence-electron chi connectivity index (χ1n) is 9.65. The SMILES string of the molecule is CCc1ccccc1NC(=O)c1c(-c2ccc(Cl)cc2)noc1N1CCOCC1. The molecule has 150 valence electrons. The number of nitrogens with one attached hydrogen (secondary N) is 1. The minimum absolute atomic E-state index is 0.251. The summed E-state index contributed by atoms with van der Waals surface area (Å²) < 4.78 is 11.1. The summed E-state index contributed by atoms with van der Waals surface area (Å²) >= 11 is 6.02. The van der Waals surface area contributed by atoms with Crippen molar-refractivity contribution in [1.82, 2.24) is 5.16 Å². The summed E-state index contributed by atoms with van der Waals surface area (Å²) in [5.41, 5.74) is 3.54. The van der Waals surface area contributed by atoms with Crippen LogP contribution in [0.3, 0.4) is 0 Å². The Labute approximate surface area is 174 Å². The largest absolute Gasteiger partial charge is 0.378 e. The highest BCUT2D eigenvalue weighted by atomic mass is 35.5. The second-order valence-corrected chi connectivity index (χ2v) is 7.22. The summed E-state index contributed by atoms with van der Waals surface area (Å²) in [6.07, 6.45) is 0.820. The van der Waals surface area contributed by atoms with Crippen LogP contribution in [0.2, 0.25) is 5.02 Å². The number of carbonyl (C=O) groups is 1. The molecule has 2 aromatic carbocycles. The van der Waals surface area contributed by atoms with E-state index in [2.05, 4.69) is 17.4 Å². The highest BCUT2D eigenvalue weighted by molar-refractivity contribution is 6.30. The molecular formula is C22H22ClN3O3. The number of rotatable bonds is 5. The van der Waals surface area contributed by atoms with Crippen molar-refractivity contribution in [3.63, 3.8) is 0 Å². The van der Waals surface area contributed by atoms with E-state index in [-0.39, 0.29) is 5.91 Å². The summed E-state index contributed by atoms with van der Waals surface area (Å²) in [4.78, 5) is 15.4. The number of hydrogen-bond donors (Lipinski definition) is 1. The molecule has 2 heterocycles. The Morgan fingerprint density at radius 3 is 2.59 bits per heavy atom. The molecule has 1 aliphatic rings. The Morgan fingerprint density at radius 1 is 1.14 bits per heavy atom. The minimum atomic E-state index is -0.251. The molecule has 29 heavy (non-hydrogen) atoms. The third kappa shape index (κ3) is 4.13. The van der Waals surface area contributed by atoms with Gasteiger partial charge >= 0.3 is 0 Å². The molecule has 1 amide bonds. The normalized spacial score (nSPS) is 14.1. The molecule has 0 aliphatic carbocycles. The molecular weight excluding hydrogens is 390 g/mol. The van der Waals surface area contributed by atoms with Gasteiger partial charge in [0.25, 0.3) is 5.91 Å². The number of benzene rings is 2. The molecule has 0 unspecified atom stereocenters. The predicted octanol–water partition coefficient (Wildman–Crippen LogP) is 4.65. The van der Waals surface area contributed by atoms with E-state index in [4.69, 9.17) is 20.9 Å². The molecule has 1 aliphatic heterocycles. The van der Waals surface area contributed by atoms with Crippen LogP contribution in [-0.2, 0) is 11.2 Å². The fourth-order valence-electron chi connectivity index (χ4n) is 3.41. The number of para-hydroxylation sites is 1. The summed E-state index contributed by atoms with van der Waals surface area (Å²) in [5.74, 6) is 0.211. The Balaban J connectivity index is 1.74. The number of amides is 1. The van der Waals surface area contributed by atoms with Crippen molar-refractivity contribution in [2.45, 2.75) is 13.3 Å². The van der Waals surface area contributed by atoms with Gasteiger partial charge in [0.1, 0.15) is 11.3 Å². The average Bonchev–Trinajstić information content (AvgIpc) is 3.20. The fraction of sp³-hybridized carbons (Fsp3) is 0.273. The summed E-state index contributed by atoms with van der Waals surface area (Å²) in [6, 6.07) is 15.0. The van der Waals surface area contributed by atoms with Crippen LogP contribution in [0.25, 0.3) is 11.3 Å². The molecule has 3 aromatic rings. The van der Waals surface area contributed by atoms with Gasteiger partial charge in [-0.1, -0.05) is 54.0 Å². The molecule has 1 aromatic heterocycles. The van der Waals surface area contributed by atoms with E-state index < -0.39 is 0 Å².